The Bertz CT molecular complexity index is 1430. The third-order valence-corrected chi connectivity index (χ3v) is 7.41. The Morgan fingerprint density at radius 3 is 2.55 bits per heavy atom. The molecule has 0 aromatic heterocycles. The fourth-order valence-electron chi connectivity index (χ4n) is 5.17. The first-order valence-electron chi connectivity index (χ1n) is 13.0. The van der Waals surface area contributed by atoms with Crippen LogP contribution in [0, 0.1) is 4.91 Å². The van der Waals surface area contributed by atoms with E-state index in [2.05, 4.69) is 10.7 Å². The van der Waals surface area contributed by atoms with E-state index >= 15 is 0 Å². The van der Waals surface area contributed by atoms with Crippen LogP contribution in [0.25, 0.3) is 0 Å². The topological polar surface area (TPSA) is 126 Å². The predicted molar refractivity (Wildman–Crippen MR) is 154 cm³/mol. The number of nitrogens with one attached hydrogen (secondary N) is 2. The molecule has 5 rings (SSSR count). The number of ether oxygens (including phenoxy) is 1. The Labute approximate surface area is 237 Å². The molecule has 2 heterocycles. The molecule has 3 aromatic rings. The minimum atomic E-state index is -1.52. The first-order chi connectivity index (χ1) is 19.2. The summed E-state index contributed by atoms with van der Waals surface area (Å²) < 4.78 is 5.50. The van der Waals surface area contributed by atoms with Gasteiger partial charge in [0.1, 0.15) is 16.7 Å². The van der Waals surface area contributed by atoms with Crippen molar-refractivity contribution in [1.29, 1.82) is 0 Å². The second-order valence-corrected chi connectivity index (χ2v) is 10.2. The maximum Gasteiger partial charge on any atom is 0.488 e. The number of halogens is 1. The zero-order valence-corrected chi connectivity index (χ0v) is 22.9. The summed E-state index contributed by atoms with van der Waals surface area (Å²) in [6.07, 6.45) is -0.535. The number of benzene rings is 3. The van der Waals surface area contributed by atoms with Gasteiger partial charge in [0.05, 0.1) is 29.8 Å². The van der Waals surface area contributed by atoms with E-state index in [1.807, 2.05) is 42.2 Å². The van der Waals surface area contributed by atoms with Crippen molar-refractivity contribution in [3.63, 3.8) is 0 Å². The van der Waals surface area contributed by atoms with Crippen molar-refractivity contribution < 1.29 is 24.4 Å². The Hall–Kier alpha value is -3.93. The number of carbonyl (C=O) groups is 1. The smallest absolute Gasteiger partial charge is 0.488 e. The van der Waals surface area contributed by atoms with E-state index in [1.54, 1.807) is 43.5 Å². The third-order valence-electron chi connectivity index (χ3n) is 7.16. The highest BCUT2D eigenvalue weighted by atomic mass is 35.5. The van der Waals surface area contributed by atoms with Crippen molar-refractivity contribution in [2.45, 2.75) is 38.1 Å². The van der Waals surface area contributed by atoms with Crippen LogP contribution in [0.3, 0.4) is 0 Å². The summed E-state index contributed by atoms with van der Waals surface area (Å²) in [6.45, 7) is 2.27. The summed E-state index contributed by atoms with van der Waals surface area (Å²) in [5.74, 6) is 0.413. The molecule has 0 saturated carbocycles. The first-order valence-corrected chi connectivity index (χ1v) is 13.4. The lowest BCUT2D eigenvalue weighted by Gasteiger charge is -2.24. The van der Waals surface area contributed by atoms with Gasteiger partial charge in [-0.3, -0.25) is 14.7 Å². The first kappa shape index (κ1) is 27.6. The molecule has 10 nitrogen and oxygen atoms in total. The van der Waals surface area contributed by atoms with Crippen LogP contribution < -0.4 is 25.8 Å². The SMILES string of the molecule is COc1ccc2c(c1)C(c1ccc(Cl)cc1)=NC(CC(=O)NCCc1ccc(B(O)O)cc1)C1N2C(C)N[N+]1=O. The average molecular weight is 563 g/mol. The molecule has 0 spiro atoms. The number of methoxy groups -OCH3 is 1. The molecule has 3 unspecified atom stereocenters. The minimum Gasteiger partial charge on any atom is -0.497 e. The highest BCUT2D eigenvalue weighted by molar-refractivity contribution is 6.58. The van der Waals surface area contributed by atoms with E-state index in [0.29, 0.717) is 34.9 Å². The standard InChI is InChI=1S/C28H29BClN5O5/c1-17-33-35(39)28-24(16-26(36)31-14-13-18-3-7-20(8-4-18)29(37)38)32-27(19-5-9-21(30)10-6-19)23-15-22(40-2)11-12-25(23)34(17)28/h3-12,15,17,24,28,37-38H,13-14,16H2,1-2H3,(H-,31,33,36,39)/p+1. The van der Waals surface area contributed by atoms with Crippen LogP contribution in [0.15, 0.2) is 71.7 Å². The summed E-state index contributed by atoms with van der Waals surface area (Å²) in [4.78, 5) is 34.1. The average Bonchev–Trinajstić information content (AvgIpc) is 3.16. The van der Waals surface area contributed by atoms with Gasteiger partial charge in [-0.25, -0.2) is 0 Å². The highest BCUT2D eigenvalue weighted by Crippen LogP contribution is 2.37. The molecule has 0 radical (unpaired) electrons. The van der Waals surface area contributed by atoms with Crippen molar-refractivity contribution in [2.24, 2.45) is 4.99 Å². The van der Waals surface area contributed by atoms with E-state index in [-0.39, 0.29) is 18.5 Å². The van der Waals surface area contributed by atoms with Gasteiger partial charge in [0.25, 0.3) is 0 Å². The molecular weight excluding hydrogens is 533 g/mol. The Kier molecular flexibility index (Phi) is 8.06. The number of rotatable bonds is 8. The van der Waals surface area contributed by atoms with Crippen LogP contribution >= 0.6 is 11.6 Å². The lowest BCUT2D eigenvalue weighted by molar-refractivity contribution is -0.622. The fraction of sp³-hybridized carbons (Fsp3) is 0.286. The highest BCUT2D eigenvalue weighted by Gasteiger charge is 2.53. The van der Waals surface area contributed by atoms with Gasteiger partial charge >= 0.3 is 13.3 Å². The van der Waals surface area contributed by atoms with Crippen LogP contribution in [0.2, 0.25) is 5.02 Å². The summed E-state index contributed by atoms with van der Waals surface area (Å²) in [5, 5.41) is 22.1. The maximum absolute atomic E-state index is 13.2. The zero-order chi connectivity index (χ0) is 28.4. The van der Waals surface area contributed by atoms with Gasteiger partial charge in [-0.05, 0) is 54.7 Å². The molecule has 0 bridgehead atoms. The van der Waals surface area contributed by atoms with Gasteiger partial charge in [0, 0.05) is 22.7 Å². The molecule has 2 aliphatic rings. The lowest BCUT2D eigenvalue weighted by Crippen LogP contribution is -2.46. The molecule has 40 heavy (non-hydrogen) atoms. The quantitative estimate of drug-likeness (QED) is 0.244. The van der Waals surface area contributed by atoms with Crippen LogP contribution in [0.5, 0.6) is 5.75 Å². The van der Waals surface area contributed by atoms with Crippen molar-refractivity contribution in [1.82, 2.24) is 10.7 Å². The normalized spacial score (nSPS) is 19.6. The Balaban J connectivity index is 1.43. The Morgan fingerprint density at radius 1 is 1.15 bits per heavy atom. The zero-order valence-electron chi connectivity index (χ0n) is 22.1. The van der Waals surface area contributed by atoms with Crippen molar-refractivity contribution in [3.05, 3.63) is 93.4 Å². The van der Waals surface area contributed by atoms with Crippen LogP contribution in [0.4, 0.5) is 5.69 Å². The summed E-state index contributed by atoms with van der Waals surface area (Å²) in [5.41, 5.74) is 7.30. The van der Waals surface area contributed by atoms with E-state index < -0.39 is 19.3 Å². The number of anilines is 1. The van der Waals surface area contributed by atoms with E-state index in [0.717, 1.165) is 27.2 Å². The molecule has 3 atom stereocenters. The van der Waals surface area contributed by atoms with Gasteiger partial charge in [0.15, 0.2) is 6.17 Å². The number of nitrogens with zero attached hydrogens (tertiary/aromatic N) is 3. The third kappa shape index (κ3) is 5.67. The molecule has 2 aliphatic heterocycles. The number of hydrazine groups is 1. The van der Waals surface area contributed by atoms with Gasteiger partial charge in [-0.15, -0.1) is 5.43 Å². The predicted octanol–water partition coefficient (Wildman–Crippen LogP) is 1.77. The van der Waals surface area contributed by atoms with Crippen molar-refractivity contribution in [2.75, 3.05) is 18.6 Å². The van der Waals surface area contributed by atoms with Gasteiger partial charge in [-0.2, -0.15) is 0 Å². The Morgan fingerprint density at radius 2 is 1.88 bits per heavy atom. The molecule has 4 N–H and O–H groups in total. The van der Waals surface area contributed by atoms with Crippen LogP contribution in [-0.4, -0.2) is 65.7 Å². The van der Waals surface area contributed by atoms with E-state index in [4.69, 9.17) is 21.3 Å². The molecule has 206 valence electrons. The number of hydrogen-bond acceptors (Lipinski definition) is 7. The molecule has 1 fully saturated rings. The summed E-state index contributed by atoms with van der Waals surface area (Å²) >= 11 is 6.16. The van der Waals surface area contributed by atoms with Crippen LogP contribution in [0.1, 0.15) is 30.0 Å². The molecule has 12 heteroatoms. The molecular formula is C28H30BClN5O5+. The summed E-state index contributed by atoms with van der Waals surface area (Å²) in [7, 11) is 0.0730. The number of fused-ring (bicyclic) bond motifs is 3. The summed E-state index contributed by atoms with van der Waals surface area (Å²) in [6, 6.07) is 19.1. The van der Waals surface area contributed by atoms with E-state index in [1.165, 1.54) is 0 Å². The maximum atomic E-state index is 13.2. The second-order valence-electron chi connectivity index (χ2n) is 9.81. The molecule has 1 saturated heterocycles. The van der Waals surface area contributed by atoms with Crippen molar-refractivity contribution in [3.8, 4) is 5.75 Å². The lowest BCUT2D eigenvalue weighted by atomic mass is 9.80. The monoisotopic (exact) mass is 562 g/mol. The minimum absolute atomic E-state index is 0.00778. The van der Waals surface area contributed by atoms with Crippen molar-refractivity contribution >= 4 is 41.5 Å². The van der Waals surface area contributed by atoms with E-state index in [9.17, 15) is 19.7 Å². The fourth-order valence-corrected chi connectivity index (χ4v) is 5.30. The number of hydrogen-bond donors (Lipinski definition) is 4. The number of nitroso groups, excluding NO2 is 1. The molecule has 3 aromatic carbocycles. The van der Waals surface area contributed by atoms with Crippen LogP contribution in [-0.2, 0) is 11.2 Å². The van der Waals surface area contributed by atoms with Gasteiger partial charge in [0.2, 0.25) is 5.91 Å². The molecule has 1 amide bonds. The molecule has 0 aliphatic carbocycles. The second kappa shape index (κ2) is 11.7. The largest absolute Gasteiger partial charge is 0.497 e. The van der Waals surface area contributed by atoms with Gasteiger partial charge in [-0.1, -0.05) is 48.0 Å². The number of aliphatic imine (C=N–C) groups is 1. The number of amides is 1. The number of carbonyl (C=O) groups excluding carboxylic acids is 1. The van der Waals surface area contributed by atoms with Gasteiger partial charge < -0.3 is 20.1 Å².